The zero-order chi connectivity index (χ0) is 10.8. The van der Waals surface area contributed by atoms with Gasteiger partial charge in [-0.25, -0.2) is 0 Å². The molecule has 1 unspecified atom stereocenters. The van der Waals surface area contributed by atoms with Crippen molar-refractivity contribution in [3.63, 3.8) is 0 Å². The minimum Gasteiger partial charge on any atom is -0.394 e. The van der Waals surface area contributed by atoms with Crippen molar-refractivity contribution in [1.82, 2.24) is 5.32 Å². The van der Waals surface area contributed by atoms with E-state index in [-0.39, 0.29) is 18.6 Å². The van der Waals surface area contributed by atoms with Gasteiger partial charge in [-0.1, -0.05) is 0 Å². The fourth-order valence-electron chi connectivity index (χ4n) is 1.78. The molecule has 1 amide bonds. The van der Waals surface area contributed by atoms with Crippen LogP contribution in [0.3, 0.4) is 0 Å². The highest BCUT2D eigenvalue weighted by atomic mass is 32.1. The highest BCUT2D eigenvalue weighted by Gasteiger charge is 2.18. The second kappa shape index (κ2) is 4.33. The molecule has 0 spiro atoms. The Bertz CT molecular complexity index is 351. The number of carbonyl (C=O) groups is 1. The summed E-state index contributed by atoms with van der Waals surface area (Å²) in [5, 5.41) is 11.6. The summed E-state index contributed by atoms with van der Waals surface area (Å²) in [6.07, 6.45) is 3.44. The fraction of sp³-hybridized carbons (Fsp3) is 0.545. The topological polar surface area (TPSA) is 49.3 Å². The molecule has 0 bridgehead atoms. The Morgan fingerprint density at radius 3 is 3.13 bits per heavy atom. The first-order valence-electron chi connectivity index (χ1n) is 5.24. The maximum absolute atomic E-state index is 11.7. The number of hydrogen-bond donors (Lipinski definition) is 2. The highest BCUT2D eigenvalue weighted by Crippen LogP contribution is 2.30. The van der Waals surface area contributed by atoms with Crippen LogP contribution in [-0.4, -0.2) is 23.7 Å². The zero-order valence-corrected chi connectivity index (χ0v) is 9.56. The summed E-state index contributed by atoms with van der Waals surface area (Å²) in [5.74, 6) is -0.0593. The van der Waals surface area contributed by atoms with Crippen molar-refractivity contribution in [3.05, 3.63) is 21.4 Å². The van der Waals surface area contributed by atoms with E-state index in [1.165, 1.54) is 16.9 Å². The lowest BCUT2D eigenvalue weighted by molar-refractivity contribution is 0.0926. The van der Waals surface area contributed by atoms with Gasteiger partial charge < -0.3 is 10.4 Å². The maximum atomic E-state index is 11.7. The second-order valence-electron chi connectivity index (χ2n) is 3.97. The largest absolute Gasteiger partial charge is 0.394 e. The number of amides is 1. The molecule has 0 saturated carbocycles. The van der Waals surface area contributed by atoms with Crippen molar-refractivity contribution in [3.8, 4) is 0 Å². The molecule has 2 rings (SSSR count). The van der Waals surface area contributed by atoms with E-state index in [2.05, 4.69) is 5.32 Å². The molecule has 1 heterocycles. The Balaban J connectivity index is 2.06. The Morgan fingerprint density at radius 1 is 1.67 bits per heavy atom. The molecule has 1 aromatic rings. The van der Waals surface area contributed by atoms with Gasteiger partial charge in [0.2, 0.25) is 0 Å². The predicted octanol–water partition coefficient (Wildman–Crippen LogP) is 1.35. The molecule has 0 aliphatic heterocycles. The van der Waals surface area contributed by atoms with E-state index < -0.39 is 0 Å². The first-order valence-corrected chi connectivity index (χ1v) is 6.05. The summed E-state index contributed by atoms with van der Waals surface area (Å²) in [6, 6.07) is 1.82. The molecule has 82 valence electrons. The lowest BCUT2D eigenvalue weighted by atomic mass is 10.2. The summed E-state index contributed by atoms with van der Waals surface area (Å²) in [6.45, 7) is 1.77. The van der Waals surface area contributed by atoms with Crippen LogP contribution >= 0.6 is 11.3 Å². The number of aryl methyl sites for hydroxylation is 2. The van der Waals surface area contributed by atoms with Crippen LogP contribution in [0.2, 0.25) is 0 Å². The van der Waals surface area contributed by atoms with Gasteiger partial charge in [-0.2, -0.15) is 0 Å². The van der Waals surface area contributed by atoms with Gasteiger partial charge in [-0.15, -0.1) is 11.3 Å². The van der Waals surface area contributed by atoms with Crippen LogP contribution < -0.4 is 5.32 Å². The van der Waals surface area contributed by atoms with Crippen molar-refractivity contribution < 1.29 is 9.90 Å². The zero-order valence-electron chi connectivity index (χ0n) is 8.75. The molecule has 0 fully saturated rings. The monoisotopic (exact) mass is 225 g/mol. The standard InChI is InChI=1S/C11H15NO2S/c1-7(6-13)12-11(14)10-5-8-3-2-4-9(8)15-10/h5,7,13H,2-4,6H2,1H3,(H,12,14). The molecule has 2 N–H and O–H groups in total. The SMILES string of the molecule is CC(CO)NC(=O)c1cc2c(s1)CCC2. The Labute approximate surface area is 93.1 Å². The molecule has 4 heteroatoms. The van der Waals surface area contributed by atoms with Crippen LogP contribution in [0.15, 0.2) is 6.07 Å². The normalized spacial score (nSPS) is 16.1. The average Bonchev–Trinajstić information content (AvgIpc) is 2.76. The van der Waals surface area contributed by atoms with Gasteiger partial charge in [0, 0.05) is 10.9 Å². The van der Waals surface area contributed by atoms with Gasteiger partial charge in [0.25, 0.3) is 5.91 Å². The summed E-state index contributed by atoms with van der Waals surface area (Å²) < 4.78 is 0. The number of nitrogens with one attached hydrogen (secondary N) is 1. The van der Waals surface area contributed by atoms with E-state index in [9.17, 15) is 4.79 Å². The van der Waals surface area contributed by atoms with E-state index in [1.54, 1.807) is 18.3 Å². The summed E-state index contributed by atoms with van der Waals surface area (Å²) in [4.78, 5) is 13.8. The molecule has 1 aliphatic carbocycles. The van der Waals surface area contributed by atoms with Crippen LogP contribution in [0.1, 0.15) is 33.5 Å². The van der Waals surface area contributed by atoms with Gasteiger partial charge >= 0.3 is 0 Å². The van der Waals surface area contributed by atoms with Crippen molar-refractivity contribution in [2.45, 2.75) is 32.2 Å². The van der Waals surface area contributed by atoms with E-state index in [0.29, 0.717) is 0 Å². The van der Waals surface area contributed by atoms with Crippen LogP contribution in [0.5, 0.6) is 0 Å². The Kier molecular flexibility index (Phi) is 3.07. The number of aliphatic hydroxyl groups is 1. The van der Waals surface area contributed by atoms with Crippen LogP contribution in [0.25, 0.3) is 0 Å². The molecule has 0 radical (unpaired) electrons. The minimum atomic E-state index is -0.172. The van der Waals surface area contributed by atoms with Crippen molar-refractivity contribution in [2.24, 2.45) is 0 Å². The fourth-order valence-corrected chi connectivity index (χ4v) is 2.94. The van der Waals surface area contributed by atoms with E-state index in [4.69, 9.17) is 5.11 Å². The smallest absolute Gasteiger partial charge is 0.261 e. The number of hydrogen-bond acceptors (Lipinski definition) is 3. The van der Waals surface area contributed by atoms with Crippen LogP contribution in [0.4, 0.5) is 0 Å². The van der Waals surface area contributed by atoms with Crippen LogP contribution in [-0.2, 0) is 12.8 Å². The first kappa shape index (κ1) is 10.6. The van der Waals surface area contributed by atoms with Crippen LogP contribution in [0, 0.1) is 0 Å². The molecule has 1 aromatic heterocycles. The molecule has 0 aromatic carbocycles. The maximum Gasteiger partial charge on any atom is 0.261 e. The van der Waals surface area contributed by atoms with Gasteiger partial charge in [-0.05, 0) is 37.8 Å². The van der Waals surface area contributed by atoms with Gasteiger partial charge in [0.05, 0.1) is 11.5 Å². The van der Waals surface area contributed by atoms with Gasteiger partial charge in [0.1, 0.15) is 0 Å². The van der Waals surface area contributed by atoms with Gasteiger partial charge in [0.15, 0.2) is 0 Å². The summed E-state index contributed by atoms with van der Waals surface area (Å²) >= 11 is 1.59. The van der Waals surface area contributed by atoms with E-state index in [1.807, 2.05) is 6.07 Å². The molecule has 15 heavy (non-hydrogen) atoms. The number of carbonyl (C=O) groups excluding carboxylic acids is 1. The molecule has 3 nitrogen and oxygen atoms in total. The highest BCUT2D eigenvalue weighted by molar-refractivity contribution is 7.14. The van der Waals surface area contributed by atoms with Crippen molar-refractivity contribution in [2.75, 3.05) is 6.61 Å². The third-order valence-electron chi connectivity index (χ3n) is 2.62. The van der Waals surface area contributed by atoms with E-state index in [0.717, 1.165) is 17.7 Å². The lowest BCUT2D eigenvalue weighted by Crippen LogP contribution is -2.34. The number of thiophene rings is 1. The number of rotatable bonds is 3. The molecule has 1 atom stereocenters. The van der Waals surface area contributed by atoms with Crippen molar-refractivity contribution in [1.29, 1.82) is 0 Å². The molecular weight excluding hydrogens is 210 g/mol. The Hall–Kier alpha value is -0.870. The van der Waals surface area contributed by atoms with Gasteiger partial charge in [-0.3, -0.25) is 4.79 Å². The predicted molar refractivity (Wildman–Crippen MR) is 60.4 cm³/mol. The average molecular weight is 225 g/mol. The first-order chi connectivity index (χ1) is 7.20. The third kappa shape index (κ3) is 2.21. The molecule has 0 saturated heterocycles. The number of aliphatic hydroxyl groups excluding tert-OH is 1. The van der Waals surface area contributed by atoms with Crippen molar-refractivity contribution >= 4 is 17.2 Å². The van der Waals surface area contributed by atoms with E-state index >= 15 is 0 Å². The molecule has 1 aliphatic rings. The second-order valence-corrected chi connectivity index (χ2v) is 5.11. The summed E-state index contributed by atoms with van der Waals surface area (Å²) in [7, 11) is 0. The quantitative estimate of drug-likeness (QED) is 0.815. The molecular formula is C11H15NO2S. The lowest BCUT2D eigenvalue weighted by Gasteiger charge is -2.08. The number of fused-ring (bicyclic) bond motifs is 1. The third-order valence-corrected chi connectivity index (χ3v) is 3.86. The Morgan fingerprint density at radius 2 is 2.47 bits per heavy atom. The summed E-state index contributed by atoms with van der Waals surface area (Å²) in [5.41, 5.74) is 1.34. The minimum absolute atomic E-state index is 0.0170.